The molecule has 36 heavy (non-hydrogen) atoms. The number of aryl methyl sites for hydroxylation is 1. The molecule has 1 aromatic heterocycles. The molecule has 0 spiro atoms. The zero-order valence-electron chi connectivity index (χ0n) is 22.4. The van der Waals surface area contributed by atoms with E-state index in [2.05, 4.69) is 12.0 Å². The maximum atomic E-state index is 12.7. The predicted molar refractivity (Wildman–Crippen MR) is 139 cm³/mol. The van der Waals surface area contributed by atoms with Crippen LogP contribution in [-0.4, -0.2) is 39.1 Å². The number of unbranched alkanes of at least 4 members (excludes halogenated alkanes) is 4. The summed E-state index contributed by atoms with van der Waals surface area (Å²) in [6.07, 6.45) is 6.97. The second-order valence-corrected chi connectivity index (χ2v) is 9.13. The van der Waals surface area contributed by atoms with Crippen LogP contribution in [0.2, 0.25) is 0 Å². The van der Waals surface area contributed by atoms with Crippen molar-refractivity contribution >= 4 is 5.97 Å². The molecule has 9 heteroatoms. The fraction of sp³-hybridized carbons (Fsp3) is 0.630. The Hall–Kier alpha value is -3.10. The van der Waals surface area contributed by atoms with Crippen molar-refractivity contribution in [3.63, 3.8) is 0 Å². The Bertz CT molecular complexity index is 1080. The van der Waals surface area contributed by atoms with E-state index in [-0.39, 0.29) is 18.5 Å². The molecule has 0 aliphatic carbocycles. The minimum absolute atomic E-state index is 0.0737. The van der Waals surface area contributed by atoms with Crippen LogP contribution in [0.25, 0.3) is 0 Å². The van der Waals surface area contributed by atoms with Crippen LogP contribution in [0.15, 0.2) is 33.9 Å². The lowest BCUT2D eigenvalue weighted by Crippen LogP contribution is -2.42. The molecule has 1 aromatic carbocycles. The topological polar surface area (TPSA) is 102 Å². The number of hydrogen-bond acceptors (Lipinski definition) is 7. The van der Waals surface area contributed by atoms with Gasteiger partial charge in [-0.3, -0.25) is 9.36 Å². The maximum Gasteiger partial charge on any atom is 0.350 e. The summed E-state index contributed by atoms with van der Waals surface area (Å²) in [7, 11) is 1.52. The third kappa shape index (κ3) is 8.24. The number of rotatable bonds is 16. The molecule has 1 heterocycles. The second kappa shape index (κ2) is 14.5. The van der Waals surface area contributed by atoms with E-state index in [4.69, 9.17) is 14.2 Å². The molecule has 0 saturated carbocycles. The molecule has 0 aliphatic heterocycles. The zero-order valence-corrected chi connectivity index (χ0v) is 22.4. The molecule has 0 amide bonds. The van der Waals surface area contributed by atoms with E-state index in [1.54, 1.807) is 26.0 Å². The molecule has 1 atom stereocenters. The molecule has 0 bridgehead atoms. The number of ether oxygens (including phenoxy) is 3. The van der Waals surface area contributed by atoms with E-state index in [9.17, 15) is 14.4 Å². The van der Waals surface area contributed by atoms with Gasteiger partial charge in [-0.05, 0) is 44.4 Å². The van der Waals surface area contributed by atoms with Gasteiger partial charge in [0, 0.05) is 20.0 Å². The van der Waals surface area contributed by atoms with Crippen LogP contribution in [0.1, 0.15) is 78.2 Å². The van der Waals surface area contributed by atoms with Gasteiger partial charge >= 0.3 is 17.2 Å². The molecular formula is C27H41N3O6. The number of aromatic nitrogens is 3. The number of hydrogen-bond donors (Lipinski definition) is 0. The predicted octanol–water partition coefficient (Wildman–Crippen LogP) is 4.03. The average Bonchev–Trinajstić information content (AvgIpc) is 2.85. The molecule has 2 aromatic rings. The molecule has 1 unspecified atom stereocenters. The largest absolute Gasteiger partial charge is 0.476 e. The first kappa shape index (κ1) is 29.1. The minimum atomic E-state index is -1.04. The summed E-state index contributed by atoms with van der Waals surface area (Å²) in [5, 5.41) is 4.01. The molecule has 0 saturated heterocycles. The summed E-state index contributed by atoms with van der Waals surface area (Å²) >= 11 is 0. The highest BCUT2D eigenvalue weighted by Crippen LogP contribution is 2.25. The van der Waals surface area contributed by atoms with E-state index >= 15 is 0 Å². The highest BCUT2D eigenvalue weighted by atomic mass is 16.6. The van der Waals surface area contributed by atoms with Gasteiger partial charge in [-0.15, -0.1) is 5.10 Å². The summed E-state index contributed by atoms with van der Waals surface area (Å²) in [5.41, 5.74) is -1.00. The minimum Gasteiger partial charge on any atom is -0.476 e. The second-order valence-electron chi connectivity index (χ2n) is 9.13. The summed E-state index contributed by atoms with van der Waals surface area (Å²) in [6.45, 7) is 8.54. The first-order valence-corrected chi connectivity index (χ1v) is 13.0. The monoisotopic (exact) mass is 503 g/mol. The maximum absolute atomic E-state index is 12.7. The zero-order chi connectivity index (χ0) is 26.6. The Morgan fingerprint density at radius 2 is 1.69 bits per heavy atom. The Balaban J connectivity index is 1.99. The first-order valence-electron chi connectivity index (χ1n) is 13.0. The van der Waals surface area contributed by atoms with Gasteiger partial charge in [-0.1, -0.05) is 58.1 Å². The number of carbonyl (C=O) groups is 1. The van der Waals surface area contributed by atoms with Crippen LogP contribution in [0.3, 0.4) is 0 Å². The van der Waals surface area contributed by atoms with Crippen LogP contribution in [0.5, 0.6) is 11.6 Å². The van der Waals surface area contributed by atoms with Crippen molar-refractivity contribution in [2.75, 3.05) is 13.2 Å². The Morgan fingerprint density at radius 3 is 2.33 bits per heavy atom. The molecular weight excluding hydrogens is 462 g/mol. The highest BCUT2D eigenvalue weighted by Gasteiger charge is 2.36. The summed E-state index contributed by atoms with van der Waals surface area (Å²) in [4.78, 5) is 37.5. The van der Waals surface area contributed by atoms with E-state index in [0.29, 0.717) is 31.7 Å². The van der Waals surface area contributed by atoms with Gasteiger partial charge < -0.3 is 14.2 Å². The quantitative estimate of drug-likeness (QED) is 0.252. The van der Waals surface area contributed by atoms with Gasteiger partial charge in [0.25, 0.3) is 5.88 Å². The summed E-state index contributed by atoms with van der Waals surface area (Å²) in [6, 6.07) is 7.38. The van der Waals surface area contributed by atoms with Gasteiger partial charge in [0.2, 0.25) is 5.60 Å². The molecule has 9 nitrogen and oxygen atoms in total. The van der Waals surface area contributed by atoms with Gasteiger partial charge in [0.1, 0.15) is 5.75 Å². The highest BCUT2D eigenvalue weighted by molar-refractivity contribution is 5.79. The smallest absolute Gasteiger partial charge is 0.350 e. The van der Waals surface area contributed by atoms with Crippen molar-refractivity contribution < 1.29 is 19.0 Å². The SMILES string of the molecule is CCCCCCCn1c(=O)c(OCCc2ccc(OC(C)(CCC)C(=O)OCC)cc2)nn(C)c1=O. The van der Waals surface area contributed by atoms with Crippen LogP contribution < -0.4 is 20.7 Å². The Labute approximate surface area is 213 Å². The number of carbonyl (C=O) groups excluding carboxylic acids is 1. The van der Waals surface area contributed by atoms with Gasteiger partial charge in [0.05, 0.1) is 13.2 Å². The van der Waals surface area contributed by atoms with E-state index in [1.165, 1.54) is 11.6 Å². The van der Waals surface area contributed by atoms with Crippen LogP contribution in [0, 0.1) is 0 Å². The lowest BCUT2D eigenvalue weighted by atomic mass is 10.0. The van der Waals surface area contributed by atoms with Gasteiger partial charge in [-0.2, -0.15) is 0 Å². The van der Waals surface area contributed by atoms with E-state index in [0.717, 1.165) is 48.8 Å². The van der Waals surface area contributed by atoms with E-state index in [1.807, 2.05) is 19.1 Å². The number of esters is 1. The van der Waals surface area contributed by atoms with Crippen LogP contribution in [-0.2, 0) is 29.5 Å². The lowest BCUT2D eigenvalue weighted by Gasteiger charge is -2.28. The third-order valence-corrected chi connectivity index (χ3v) is 5.99. The number of benzene rings is 1. The van der Waals surface area contributed by atoms with Crippen LogP contribution in [0.4, 0.5) is 0 Å². The summed E-state index contributed by atoms with van der Waals surface area (Å²) in [5.74, 6) is 0.126. The Kier molecular flexibility index (Phi) is 11.7. The first-order chi connectivity index (χ1) is 17.3. The van der Waals surface area contributed by atoms with Crippen LogP contribution >= 0.6 is 0 Å². The molecule has 0 radical (unpaired) electrons. The number of nitrogens with zero attached hydrogens (tertiary/aromatic N) is 3. The fourth-order valence-corrected chi connectivity index (χ4v) is 3.97. The third-order valence-electron chi connectivity index (χ3n) is 5.99. The van der Waals surface area contributed by atoms with Crippen molar-refractivity contribution in [1.82, 2.24) is 14.3 Å². The standard InChI is InChI=1S/C27H41N3O6/c1-6-9-10-11-12-19-30-24(31)23(28-29(5)26(30)33)35-20-17-21-13-15-22(16-14-21)36-27(4,18-7-2)25(32)34-8-3/h13-16H,6-12,17-20H2,1-5H3. The molecule has 2 rings (SSSR count). The molecule has 0 N–H and O–H groups in total. The molecule has 0 fully saturated rings. The van der Waals surface area contributed by atoms with Crippen molar-refractivity contribution in [3.8, 4) is 11.6 Å². The van der Waals surface area contributed by atoms with Crippen molar-refractivity contribution in [2.45, 2.75) is 91.2 Å². The average molecular weight is 504 g/mol. The molecule has 200 valence electrons. The van der Waals surface area contributed by atoms with Gasteiger partial charge in [0.15, 0.2) is 0 Å². The van der Waals surface area contributed by atoms with E-state index < -0.39 is 16.9 Å². The summed E-state index contributed by atoms with van der Waals surface area (Å²) < 4.78 is 19.2. The molecule has 0 aliphatic rings. The van der Waals surface area contributed by atoms with Crippen molar-refractivity contribution in [1.29, 1.82) is 0 Å². The van der Waals surface area contributed by atoms with Gasteiger partial charge in [-0.25, -0.2) is 14.3 Å². The van der Waals surface area contributed by atoms with Crippen molar-refractivity contribution in [3.05, 3.63) is 50.7 Å². The lowest BCUT2D eigenvalue weighted by molar-refractivity contribution is -0.160. The fourth-order valence-electron chi connectivity index (χ4n) is 3.97. The Morgan fingerprint density at radius 1 is 1.00 bits per heavy atom. The normalized spacial score (nSPS) is 12.7. The van der Waals surface area contributed by atoms with Crippen molar-refractivity contribution in [2.24, 2.45) is 7.05 Å².